The predicted octanol–water partition coefficient (Wildman–Crippen LogP) is 1.36. The van der Waals surface area contributed by atoms with Crippen molar-refractivity contribution in [3.05, 3.63) is 11.3 Å². The summed E-state index contributed by atoms with van der Waals surface area (Å²) in [7, 11) is 0. The Hall–Kier alpha value is -0.990. The van der Waals surface area contributed by atoms with Crippen LogP contribution in [0.1, 0.15) is 31.0 Å². The first-order chi connectivity index (χ1) is 5.83. The lowest BCUT2D eigenvalue weighted by molar-refractivity contribution is 0.582. The summed E-state index contributed by atoms with van der Waals surface area (Å²) in [4.78, 5) is 0. The van der Waals surface area contributed by atoms with Crippen LogP contribution in [0.25, 0.3) is 0 Å². The van der Waals surface area contributed by atoms with Crippen LogP contribution < -0.4 is 5.73 Å². The molecule has 66 valence electrons. The summed E-state index contributed by atoms with van der Waals surface area (Å²) < 4.78 is 2.05. The van der Waals surface area contributed by atoms with Crippen LogP contribution in [-0.2, 0) is 19.4 Å². The van der Waals surface area contributed by atoms with Gasteiger partial charge >= 0.3 is 0 Å². The maximum absolute atomic E-state index is 5.81. The van der Waals surface area contributed by atoms with E-state index in [-0.39, 0.29) is 0 Å². The van der Waals surface area contributed by atoms with Gasteiger partial charge in [-0.2, -0.15) is 5.10 Å². The average molecular weight is 165 g/mol. The van der Waals surface area contributed by atoms with Crippen molar-refractivity contribution in [1.29, 1.82) is 0 Å². The van der Waals surface area contributed by atoms with Gasteiger partial charge in [0.2, 0.25) is 0 Å². The molecular weight excluding hydrogens is 150 g/mol. The number of rotatable bonds is 1. The van der Waals surface area contributed by atoms with E-state index in [0.29, 0.717) is 0 Å². The third kappa shape index (κ3) is 1.00. The van der Waals surface area contributed by atoms with Crippen molar-refractivity contribution < 1.29 is 0 Å². The maximum Gasteiger partial charge on any atom is 0.148 e. The first-order valence-corrected chi connectivity index (χ1v) is 4.67. The molecule has 2 N–H and O–H groups in total. The second-order valence-corrected chi connectivity index (χ2v) is 3.33. The fourth-order valence-corrected chi connectivity index (χ4v) is 1.96. The minimum Gasteiger partial charge on any atom is -0.382 e. The molecule has 0 radical (unpaired) electrons. The smallest absolute Gasteiger partial charge is 0.148 e. The Balaban J connectivity index is 2.47. The first-order valence-electron chi connectivity index (χ1n) is 4.67. The van der Waals surface area contributed by atoms with Crippen molar-refractivity contribution in [3.8, 4) is 0 Å². The van der Waals surface area contributed by atoms with Crippen molar-refractivity contribution >= 4 is 5.82 Å². The first kappa shape index (κ1) is 7.65. The zero-order valence-corrected chi connectivity index (χ0v) is 7.51. The summed E-state index contributed by atoms with van der Waals surface area (Å²) >= 11 is 0. The van der Waals surface area contributed by atoms with Crippen LogP contribution in [0.4, 0.5) is 5.82 Å². The summed E-state index contributed by atoms with van der Waals surface area (Å²) in [6, 6.07) is 0. The lowest BCUT2D eigenvalue weighted by Crippen LogP contribution is -2.07. The van der Waals surface area contributed by atoms with Gasteiger partial charge in [0.25, 0.3) is 0 Å². The van der Waals surface area contributed by atoms with E-state index in [1.807, 2.05) is 4.68 Å². The zero-order valence-electron chi connectivity index (χ0n) is 7.51. The van der Waals surface area contributed by atoms with Crippen LogP contribution in [-0.4, -0.2) is 9.78 Å². The summed E-state index contributed by atoms with van der Waals surface area (Å²) in [6.07, 6.45) is 4.85. The number of aryl methyl sites for hydroxylation is 1. The Morgan fingerprint density at radius 2 is 2.17 bits per heavy atom. The van der Waals surface area contributed by atoms with E-state index in [4.69, 9.17) is 5.73 Å². The van der Waals surface area contributed by atoms with Gasteiger partial charge in [-0.05, 0) is 32.6 Å². The van der Waals surface area contributed by atoms with Crippen LogP contribution in [0, 0.1) is 0 Å². The van der Waals surface area contributed by atoms with Gasteiger partial charge in [-0.3, -0.25) is 4.68 Å². The Labute approximate surface area is 72.6 Å². The molecule has 0 fully saturated rings. The average Bonchev–Trinajstić information content (AvgIpc) is 2.44. The molecule has 1 aliphatic carbocycles. The molecule has 0 spiro atoms. The Bertz CT molecular complexity index is 288. The molecule has 0 aliphatic heterocycles. The molecule has 0 unspecified atom stereocenters. The highest BCUT2D eigenvalue weighted by Crippen LogP contribution is 2.25. The number of anilines is 1. The molecule has 0 bridgehead atoms. The van der Waals surface area contributed by atoms with E-state index in [9.17, 15) is 0 Å². The van der Waals surface area contributed by atoms with Gasteiger partial charge in [-0.15, -0.1) is 0 Å². The highest BCUT2D eigenvalue weighted by molar-refractivity contribution is 5.43. The van der Waals surface area contributed by atoms with E-state index in [1.54, 1.807) is 0 Å². The minimum absolute atomic E-state index is 0.756. The molecular formula is C9H15N3. The topological polar surface area (TPSA) is 43.8 Å². The van der Waals surface area contributed by atoms with Gasteiger partial charge in [0.15, 0.2) is 0 Å². The van der Waals surface area contributed by atoms with E-state index in [2.05, 4.69) is 12.0 Å². The number of hydrogen-bond acceptors (Lipinski definition) is 2. The Kier molecular flexibility index (Phi) is 1.79. The molecule has 1 aromatic heterocycles. The monoisotopic (exact) mass is 165 g/mol. The molecule has 3 heteroatoms. The molecule has 0 amide bonds. The van der Waals surface area contributed by atoms with Crippen LogP contribution in [0.2, 0.25) is 0 Å². The molecule has 1 heterocycles. The van der Waals surface area contributed by atoms with Crippen molar-refractivity contribution in [2.45, 2.75) is 39.2 Å². The van der Waals surface area contributed by atoms with Gasteiger partial charge < -0.3 is 5.73 Å². The SMILES string of the molecule is CCn1nc(N)c2c1CCCC2. The molecule has 0 saturated heterocycles. The summed E-state index contributed by atoms with van der Waals surface area (Å²) in [5, 5.41) is 4.31. The van der Waals surface area contributed by atoms with Crippen molar-refractivity contribution in [3.63, 3.8) is 0 Å². The van der Waals surface area contributed by atoms with Gasteiger partial charge in [0.1, 0.15) is 5.82 Å². The highest BCUT2D eigenvalue weighted by atomic mass is 15.3. The molecule has 0 saturated carbocycles. The van der Waals surface area contributed by atoms with E-state index in [0.717, 1.165) is 25.2 Å². The normalized spacial score (nSPS) is 16.1. The van der Waals surface area contributed by atoms with Crippen LogP contribution in [0.3, 0.4) is 0 Å². The van der Waals surface area contributed by atoms with Gasteiger partial charge in [-0.1, -0.05) is 0 Å². The Morgan fingerprint density at radius 3 is 2.92 bits per heavy atom. The molecule has 3 nitrogen and oxygen atoms in total. The summed E-state index contributed by atoms with van der Waals surface area (Å²) in [5.74, 6) is 0.756. The number of aromatic nitrogens is 2. The second kappa shape index (κ2) is 2.81. The Morgan fingerprint density at radius 1 is 1.42 bits per heavy atom. The molecule has 2 rings (SSSR count). The molecule has 1 aliphatic rings. The fourth-order valence-electron chi connectivity index (χ4n) is 1.96. The van der Waals surface area contributed by atoms with Crippen molar-refractivity contribution in [2.24, 2.45) is 0 Å². The zero-order chi connectivity index (χ0) is 8.55. The minimum atomic E-state index is 0.756. The van der Waals surface area contributed by atoms with Crippen LogP contribution in [0.15, 0.2) is 0 Å². The van der Waals surface area contributed by atoms with Crippen LogP contribution >= 0.6 is 0 Å². The van der Waals surface area contributed by atoms with Gasteiger partial charge in [0.05, 0.1) is 0 Å². The van der Waals surface area contributed by atoms with Crippen molar-refractivity contribution in [1.82, 2.24) is 9.78 Å². The lowest BCUT2D eigenvalue weighted by Gasteiger charge is -2.12. The standard InChI is InChI=1S/C9H15N3/c1-2-12-8-6-4-3-5-7(8)9(10)11-12/h2-6H2,1H3,(H2,10,11). The van der Waals surface area contributed by atoms with Crippen molar-refractivity contribution in [2.75, 3.05) is 5.73 Å². The summed E-state index contributed by atoms with van der Waals surface area (Å²) in [6.45, 7) is 3.06. The third-order valence-electron chi connectivity index (χ3n) is 2.59. The largest absolute Gasteiger partial charge is 0.382 e. The quantitative estimate of drug-likeness (QED) is 0.683. The van der Waals surface area contributed by atoms with E-state index >= 15 is 0 Å². The number of hydrogen-bond donors (Lipinski definition) is 1. The van der Waals surface area contributed by atoms with Gasteiger partial charge in [-0.25, -0.2) is 0 Å². The molecule has 1 aromatic rings. The number of nitrogens with two attached hydrogens (primary N) is 1. The molecule has 12 heavy (non-hydrogen) atoms. The highest BCUT2D eigenvalue weighted by Gasteiger charge is 2.17. The molecule has 0 aromatic carbocycles. The van der Waals surface area contributed by atoms with E-state index < -0.39 is 0 Å². The third-order valence-corrected chi connectivity index (χ3v) is 2.59. The lowest BCUT2D eigenvalue weighted by atomic mass is 9.97. The van der Waals surface area contributed by atoms with Crippen LogP contribution in [0.5, 0.6) is 0 Å². The number of fused-ring (bicyclic) bond motifs is 1. The fraction of sp³-hybridized carbons (Fsp3) is 0.667. The second-order valence-electron chi connectivity index (χ2n) is 3.33. The predicted molar refractivity (Wildman–Crippen MR) is 49.0 cm³/mol. The van der Waals surface area contributed by atoms with Gasteiger partial charge in [0, 0.05) is 17.8 Å². The number of nitrogen functional groups attached to an aromatic ring is 1. The number of nitrogens with zero attached hydrogens (tertiary/aromatic N) is 2. The maximum atomic E-state index is 5.81. The summed E-state index contributed by atoms with van der Waals surface area (Å²) in [5.41, 5.74) is 8.49. The van der Waals surface area contributed by atoms with E-state index in [1.165, 1.54) is 24.1 Å². The molecule has 0 atom stereocenters.